The number of rotatable bonds is 3. The second kappa shape index (κ2) is 4.45. The van der Waals surface area contributed by atoms with Crippen molar-refractivity contribution in [2.24, 2.45) is 0 Å². The molecule has 21 heavy (non-hydrogen) atoms. The monoisotopic (exact) mass is 277 g/mol. The lowest BCUT2D eigenvalue weighted by Crippen LogP contribution is -2.34. The van der Waals surface area contributed by atoms with Gasteiger partial charge in [0.2, 0.25) is 0 Å². The van der Waals surface area contributed by atoms with Crippen LogP contribution in [0.3, 0.4) is 0 Å². The highest BCUT2D eigenvalue weighted by molar-refractivity contribution is 5.95. The van der Waals surface area contributed by atoms with Crippen LogP contribution >= 0.6 is 0 Å². The summed E-state index contributed by atoms with van der Waals surface area (Å²) in [5.41, 5.74) is 1.55. The van der Waals surface area contributed by atoms with Gasteiger partial charge in [0.15, 0.2) is 0 Å². The highest BCUT2D eigenvalue weighted by atomic mass is 16.1. The molecule has 1 saturated carbocycles. The molecule has 4 heteroatoms. The molecule has 2 aromatic carbocycles. The van der Waals surface area contributed by atoms with E-state index in [2.05, 4.69) is 45.8 Å². The van der Waals surface area contributed by atoms with E-state index in [1.807, 2.05) is 12.1 Å². The Hall–Kier alpha value is -2.62. The molecule has 4 rings (SSSR count). The van der Waals surface area contributed by atoms with Crippen molar-refractivity contribution in [2.75, 3.05) is 0 Å². The van der Waals surface area contributed by atoms with Gasteiger partial charge in [-0.3, -0.25) is 9.89 Å². The van der Waals surface area contributed by atoms with Gasteiger partial charge in [-0.15, -0.1) is 0 Å². The first kappa shape index (κ1) is 12.1. The Balaban J connectivity index is 1.73. The molecule has 0 aliphatic heterocycles. The summed E-state index contributed by atoms with van der Waals surface area (Å²) >= 11 is 0. The smallest absolute Gasteiger partial charge is 0.255 e. The number of carbonyl (C=O) groups excluding carboxylic acids is 1. The standard InChI is InChI=1S/C17H15N3O/c21-16(13-10-18-19-11-13)20-17(8-9-17)15-7-3-5-12-4-1-2-6-14(12)15/h1-7,10-11H,8-9H2,(H,18,19)(H,20,21). The summed E-state index contributed by atoms with van der Waals surface area (Å²) in [4.78, 5) is 12.3. The molecule has 104 valence electrons. The number of hydrogen-bond donors (Lipinski definition) is 2. The number of hydrogen-bond acceptors (Lipinski definition) is 2. The molecule has 3 aromatic rings. The van der Waals surface area contributed by atoms with Crippen LogP contribution in [-0.2, 0) is 5.54 Å². The Bertz CT molecular complexity index is 799. The van der Waals surface area contributed by atoms with Crippen molar-refractivity contribution >= 4 is 16.7 Å². The maximum absolute atomic E-state index is 12.3. The summed E-state index contributed by atoms with van der Waals surface area (Å²) < 4.78 is 0. The predicted octanol–water partition coefficient (Wildman–Crippen LogP) is 2.98. The van der Waals surface area contributed by atoms with E-state index in [0.29, 0.717) is 5.56 Å². The number of nitrogens with one attached hydrogen (secondary N) is 2. The van der Waals surface area contributed by atoms with Gasteiger partial charge in [-0.1, -0.05) is 42.5 Å². The maximum atomic E-state index is 12.3. The molecule has 0 spiro atoms. The largest absolute Gasteiger partial charge is 0.342 e. The third-order valence-electron chi connectivity index (χ3n) is 4.17. The molecule has 1 aliphatic rings. The Morgan fingerprint density at radius 2 is 1.95 bits per heavy atom. The van der Waals surface area contributed by atoms with Gasteiger partial charge in [0.25, 0.3) is 5.91 Å². The number of nitrogens with zero attached hydrogens (tertiary/aromatic N) is 1. The van der Waals surface area contributed by atoms with E-state index in [1.165, 1.54) is 16.3 Å². The predicted molar refractivity (Wildman–Crippen MR) is 80.9 cm³/mol. The number of carbonyl (C=O) groups is 1. The zero-order valence-corrected chi connectivity index (χ0v) is 11.5. The summed E-state index contributed by atoms with van der Waals surface area (Å²) in [6.07, 6.45) is 5.12. The van der Waals surface area contributed by atoms with Gasteiger partial charge in [0, 0.05) is 6.20 Å². The van der Waals surface area contributed by atoms with Crippen LogP contribution in [0.1, 0.15) is 28.8 Å². The highest BCUT2D eigenvalue weighted by Crippen LogP contribution is 2.48. The lowest BCUT2D eigenvalue weighted by Gasteiger charge is -2.19. The fourth-order valence-electron chi connectivity index (χ4n) is 2.89. The zero-order chi connectivity index (χ0) is 14.3. The van der Waals surface area contributed by atoms with Crippen LogP contribution in [0.5, 0.6) is 0 Å². The first-order valence-corrected chi connectivity index (χ1v) is 7.08. The topological polar surface area (TPSA) is 57.8 Å². The minimum absolute atomic E-state index is 0.0748. The van der Waals surface area contributed by atoms with E-state index >= 15 is 0 Å². The van der Waals surface area contributed by atoms with E-state index in [0.717, 1.165) is 12.8 Å². The minimum Gasteiger partial charge on any atom is -0.342 e. The van der Waals surface area contributed by atoms with Crippen LogP contribution in [0.2, 0.25) is 0 Å². The van der Waals surface area contributed by atoms with Gasteiger partial charge in [0.1, 0.15) is 0 Å². The fraction of sp³-hybridized carbons (Fsp3) is 0.176. The summed E-state index contributed by atoms with van der Waals surface area (Å²) in [5.74, 6) is -0.0748. The average molecular weight is 277 g/mol. The van der Waals surface area contributed by atoms with E-state index in [9.17, 15) is 4.79 Å². The van der Waals surface area contributed by atoms with Crippen molar-refractivity contribution in [2.45, 2.75) is 18.4 Å². The summed E-state index contributed by atoms with van der Waals surface area (Å²) in [6, 6.07) is 14.6. The van der Waals surface area contributed by atoms with Crippen molar-refractivity contribution in [3.05, 3.63) is 66.0 Å². The van der Waals surface area contributed by atoms with Crippen molar-refractivity contribution in [1.82, 2.24) is 15.5 Å². The van der Waals surface area contributed by atoms with Gasteiger partial charge >= 0.3 is 0 Å². The molecule has 0 bridgehead atoms. The van der Waals surface area contributed by atoms with Crippen molar-refractivity contribution in [3.63, 3.8) is 0 Å². The molecule has 0 unspecified atom stereocenters. The van der Waals surface area contributed by atoms with Crippen molar-refractivity contribution in [3.8, 4) is 0 Å². The molecule has 4 nitrogen and oxygen atoms in total. The number of fused-ring (bicyclic) bond motifs is 1. The molecule has 1 fully saturated rings. The van der Waals surface area contributed by atoms with Crippen LogP contribution in [0.4, 0.5) is 0 Å². The van der Waals surface area contributed by atoms with Crippen molar-refractivity contribution < 1.29 is 4.79 Å². The fourth-order valence-corrected chi connectivity index (χ4v) is 2.89. The second-order valence-corrected chi connectivity index (χ2v) is 5.55. The molecule has 1 heterocycles. The van der Waals surface area contributed by atoms with Gasteiger partial charge in [0.05, 0.1) is 17.3 Å². The van der Waals surface area contributed by atoms with Crippen LogP contribution in [0.15, 0.2) is 54.9 Å². The van der Waals surface area contributed by atoms with Gasteiger partial charge in [-0.25, -0.2) is 0 Å². The quantitative estimate of drug-likeness (QED) is 0.773. The Labute approximate surface area is 122 Å². The van der Waals surface area contributed by atoms with E-state index < -0.39 is 0 Å². The van der Waals surface area contributed by atoms with Gasteiger partial charge in [-0.05, 0) is 29.2 Å². The number of amides is 1. The van der Waals surface area contributed by atoms with E-state index in [1.54, 1.807) is 12.4 Å². The average Bonchev–Trinajstić information content (AvgIpc) is 3.08. The SMILES string of the molecule is O=C(NC1(c2cccc3ccccc23)CC1)c1cn[nH]c1. The first-order chi connectivity index (χ1) is 10.3. The Morgan fingerprint density at radius 3 is 2.71 bits per heavy atom. The summed E-state index contributed by atoms with van der Waals surface area (Å²) in [5, 5.41) is 12.1. The maximum Gasteiger partial charge on any atom is 0.255 e. The van der Waals surface area contributed by atoms with E-state index in [4.69, 9.17) is 0 Å². The third kappa shape index (κ3) is 2.00. The molecule has 0 radical (unpaired) electrons. The zero-order valence-electron chi connectivity index (χ0n) is 11.5. The molecule has 1 amide bonds. The Kier molecular flexibility index (Phi) is 2.57. The van der Waals surface area contributed by atoms with Crippen molar-refractivity contribution in [1.29, 1.82) is 0 Å². The molecule has 1 aromatic heterocycles. The third-order valence-corrected chi connectivity index (χ3v) is 4.17. The minimum atomic E-state index is -0.227. The molecular weight excluding hydrogens is 262 g/mol. The molecule has 0 saturated heterocycles. The molecule has 2 N–H and O–H groups in total. The lowest BCUT2D eigenvalue weighted by atomic mass is 9.97. The summed E-state index contributed by atoms with van der Waals surface area (Å²) in [6.45, 7) is 0. The number of aromatic nitrogens is 2. The molecule has 1 aliphatic carbocycles. The van der Waals surface area contributed by atoms with Crippen LogP contribution in [-0.4, -0.2) is 16.1 Å². The lowest BCUT2D eigenvalue weighted by molar-refractivity contribution is 0.0931. The van der Waals surface area contributed by atoms with Gasteiger partial charge in [-0.2, -0.15) is 5.10 Å². The Morgan fingerprint density at radius 1 is 1.14 bits per heavy atom. The normalized spacial score (nSPS) is 15.8. The highest BCUT2D eigenvalue weighted by Gasteiger charge is 2.46. The van der Waals surface area contributed by atoms with Crippen LogP contribution < -0.4 is 5.32 Å². The number of benzene rings is 2. The summed E-state index contributed by atoms with van der Waals surface area (Å²) in [7, 11) is 0. The van der Waals surface area contributed by atoms with E-state index in [-0.39, 0.29) is 11.4 Å². The number of aromatic amines is 1. The van der Waals surface area contributed by atoms with Crippen LogP contribution in [0.25, 0.3) is 10.8 Å². The number of H-pyrrole nitrogens is 1. The first-order valence-electron chi connectivity index (χ1n) is 7.08. The van der Waals surface area contributed by atoms with Gasteiger partial charge < -0.3 is 5.32 Å². The van der Waals surface area contributed by atoms with Crippen LogP contribution in [0, 0.1) is 0 Å². The molecular formula is C17H15N3O. The second-order valence-electron chi connectivity index (χ2n) is 5.55. The molecule has 0 atom stereocenters.